The van der Waals surface area contributed by atoms with E-state index in [1.54, 1.807) is 19.6 Å². The van der Waals surface area contributed by atoms with E-state index in [0.29, 0.717) is 12.2 Å². The Hall–Kier alpha value is -1.82. The summed E-state index contributed by atoms with van der Waals surface area (Å²) >= 11 is 5.88. The molecular formula is C9H10ClN5O. The van der Waals surface area contributed by atoms with Gasteiger partial charge in [-0.25, -0.2) is 9.67 Å². The summed E-state index contributed by atoms with van der Waals surface area (Å²) in [6.45, 7) is 0.508. The second-order valence-corrected chi connectivity index (χ2v) is 3.61. The van der Waals surface area contributed by atoms with Crippen LogP contribution in [-0.2, 0) is 13.6 Å². The van der Waals surface area contributed by atoms with Crippen LogP contribution < -0.4 is 10.9 Å². The van der Waals surface area contributed by atoms with E-state index in [4.69, 9.17) is 11.6 Å². The predicted molar refractivity (Wildman–Crippen MR) is 60.4 cm³/mol. The third kappa shape index (κ3) is 2.06. The molecule has 0 amide bonds. The molecule has 2 rings (SSSR count). The lowest BCUT2D eigenvalue weighted by Crippen LogP contribution is -2.21. The first-order valence-corrected chi connectivity index (χ1v) is 4.99. The fraction of sp³-hybridized carbons (Fsp3) is 0.222. The van der Waals surface area contributed by atoms with Crippen LogP contribution in [0, 0.1) is 0 Å². The first kappa shape index (κ1) is 10.7. The van der Waals surface area contributed by atoms with Gasteiger partial charge in [-0.15, -0.1) is 0 Å². The fourth-order valence-electron chi connectivity index (χ4n) is 1.21. The molecule has 0 aliphatic rings. The van der Waals surface area contributed by atoms with Gasteiger partial charge in [-0.05, 0) is 0 Å². The largest absolute Gasteiger partial charge is 0.377 e. The van der Waals surface area contributed by atoms with E-state index in [2.05, 4.69) is 20.4 Å². The Morgan fingerprint density at radius 2 is 2.38 bits per heavy atom. The second-order valence-electron chi connectivity index (χ2n) is 3.23. The van der Waals surface area contributed by atoms with E-state index in [9.17, 15) is 4.79 Å². The number of anilines is 1. The monoisotopic (exact) mass is 239 g/mol. The first-order valence-electron chi connectivity index (χ1n) is 4.61. The smallest absolute Gasteiger partial charge is 0.287 e. The van der Waals surface area contributed by atoms with Gasteiger partial charge >= 0.3 is 0 Å². The average Bonchev–Trinajstić information content (AvgIpc) is 2.78. The molecule has 0 spiro atoms. The maximum Gasteiger partial charge on any atom is 0.287 e. The Balaban J connectivity index is 2.16. The van der Waals surface area contributed by atoms with Crippen LogP contribution in [0.4, 0.5) is 5.69 Å². The summed E-state index contributed by atoms with van der Waals surface area (Å²) in [6.07, 6.45) is 4.79. The number of halogens is 1. The van der Waals surface area contributed by atoms with Gasteiger partial charge in [-0.3, -0.25) is 4.79 Å². The molecule has 0 aliphatic heterocycles. The molecule has 0 saturated carbocycles. The van der Waals surface area contributed by atoms with E-state index in [1.165, 1.54) is 10.9 Å². The molecule has 16 heavy (non-hydrogen) atoms. The summed E-state index contributed by atoms with van der Waals surface area (Å²) in [5, 5.41) is 7.01. The third-order valence-corrected chi connectivity index (χ3v) is 2.47. The molecule has 0 radical (unpaired) electrons. The van der Waals surface area contributed by atoms with Gasteiger partial charge in [0.25, 0.3) is 5.56 Å². The number of nitrogens with zero attached hydrogens (tertiary/aromatic N) is 3. The Kier molecular flexibility index (Phi) is 2.91. The highest BCUT2D eigenvalue weighted by Crippen LogP contribution is 2.15. The number of hydrogen-bond acceptors (Lipinski definition) is 4. The van der Waals surface area contributed by atoms with Crippen LogP contribution in [0.3, 0.4) is 0 Å². The van der Waals surface area contributed by atoms with Gasteiger partial charge in [0.1, 0.15) is 5.02 Å². The zero-order chi connectivity index (χ0) is 11.5. The number of hydrogen-bond donors (Lipinski definition) is 2. The molecule has 0 atom stereocenters. The SMILES string of the molecule is Cn1ncc(NCc2cnc[nH]2)c(Cl)c1=O. The van der Waals surface area contributed by atoms with Crippen LogP contribution >= 0.6 is 11.6 Å². The number of aromatic amines is 1. The molecule has 0 bridgehead atoms. The summed E-state index contributed by atoms with van der Waals surface area (Å²) < 4.78 is 1.18. The molecule has 2 aromatic rings. The molecular weight excluding hydrogens is 230 g/mol. The van der Waals surface area contributed by atoms with Gasteiger partial charge in [-0.2, -0.15) is 5.10 Å². The number of imidazole rings is 1. The van der Waals surface area contributed by atoms with Crippen LogP contribution in [0.15, 0.2) is 23.5 Å². The molecule has 2 heterocycles. The van der Waals surface area contributed by atoms with Gasteiger partial charge in [0, 0.05) is 13.2 Å². The predicted octanol–water partition coefficient (Wildman–Crippen LogP) is 0.769. The van der Waals surface area contributed by atoms with E-state index in [0.717, 1.165) is 5.69 Å². The van der Waals surface area contributed by atoms with Crippen molar-refractivity contribution in [3.8, 4) is 0 Å². The molecule has 2 aromatic heterocycles. The minimum atomic E-state index is -0.323. The number of aryl methyl sites for hydroxylation is 1. The normalized spacial score (nSPS) is 10.4. The van der Waals surface area contributed by atoms with Crippen molar-refractivity contribution in [3.05, 3.63) is 39.8 Å². The number of rotatable bonds is 3. The molecule has 6 nitrogen and oxygen atoms in total. The summed E-state index contributed by atoms with van der Waals surface area (Å²) in [7, 11) is 1.55. The van der Waals surface area contributed by atoms with E-state index in [1.807, 2.05) is 0 Å². The van der Waals surface area contributed by atoms with E-state index >= 15 is 0 Å². The molecule has 84 valence electrons. The molecule has 0 fully saturated rings. The van der Waals surface area contributed by atoms with Crippen LogP contribution in [-0.4, -0.2) is 19.7 Å². The molecule has 0 aromatic carbocycles. The number of H-pyrrole nitrogens is 1. The average molecular weight is 240 g/mol. The van der Waals surface area contributed by atoms with E-state index in [-0.39, 0.29) is 10.6 Å². The van der Waals surface area contributed by atoms with Crippen LogP contribution in [0.5, 0.6) is 0 Å². The Morgan fingerprint density at radius 1 is 1.56 bits per heavy atom. The van der Waals surface area contributed by atoms with Crippen molar-refractivity contribution in [3.63, 3.8) is 0 Å². The molecule has 0 saturated heterocycles. The number of nitrogens with one attached hydrogen (secondary N) is 2. The fourth-order valence-corrected chi connectivity index (χ4v) is 1.44. The van der Waals surface area contributed by atoms with Crippen molar-refractivity contribution in [2.45, 2.75) is 6.54 Å². The van der Waals surface area contributed by atoms with E-state index < -0.39 is 0 Å². The minimum Gasteiger partial charge on any atom is -0.377 e. The lowest BCUT2D eigenvalue weighted by Gasteiger charge is -2.06. The van der Waals surface area contributed by atoms with Crippen molar-refractivity contribution in [2.75, 3.05) is 5.32 Å². The summed E-state index contributed by atoms with van der Waals surface area (Å²) in [4.78, 5) is 18.3. The molecule has 0 aliphatic carbocycles. The van der Waals surface area contributed by atoms with Crippen LogP contribution in [0.2, 0.25) is 5.02 Å². The zero-order valence-electron chi connectivity index (χ0n) is 8.57. The minimum absolute atomic E-state index is 0.136. The second kappa shape index (κ2) is 4.36. The quantitative estimate of drug-likeness (QED) is 0.830. The Bertz CT molecular complexity index is 533. The Labute approximate surface area is 96.3 Å². The highest BCUT2D eigenvalue weighted by molar-refractivity contribution is 6.32. The summed E-state index contributed by atoms with van der Waals surface area (Å²) in [6, 6.07) is 0. The van der Waals surface area contributed by atoms with Crippen LogP contribution in [0.1, 0.15) is 5.69 Å². The highest BCUT2D eigenvalue weighted by atomic mass is 35.5. The Morgan fingerprint density at radius 3 is 3.06 bits per heavy atom. The topological polar surface area (TPSA) is 75.6 Å². The first-order chi connectivity index (χ1) is 7.68. The molecule has 0 unspecified atom stereocenters. The number of aromatic nitrogens is 4. The maximum atomic E-state index is 11.5. The van der Waals surface area contributed by atoms with Gasteiger partial charge in [0.05, 0.1) is 30.5 Å². The maximum absolute atomic E-state index is 11.5. The van der Waals surface area contributed by atoms with Crippen molar-refractivity contribution in [1.82, 2.24) is 19.7 Å². The summed E-state index contributed by atoms with van der Waals surface area (Å²) in [5.74, 6) is 0. The van der Waals surface area contributed by atoms with Crippen molar-refractivity contribution in [1.29, 1.82) is 0 Å². The lowest BCUT2D eigenvalue weighted by atomic mass is 10.4. The van der Waals surface area contributed by atoms with Crippen molar-refractivity contribution < 1.29 is 0 Å². The van der Waals surface area contributed by atoms with Crippen molar-refractivity contribution >= 4 is 17.3 Å². The lowest BCUT2D eigenvalue weighted by molar-refractivity contribution is 0.708. The van der Waals surface area contributed by atoms with Crippen LogP contribution in [0.25, 0.3) is 0 Å². The third-order valence-electron chi connectivity index (χ3n) is 2.10. The highest BCUT2D eigenvalue weighted by Gasteiger charge is 2.06. The standard InChI is InChI=1S/C9H10ClN5O/c1-15-9(16)8(10)7(4-14-15)12-3-6-2-11-5-13-6/h2,4-5,12H,3H2,1H3,(H,11,13). The van der Waals surface area contributed by atoms with Gasteiger partial charge in [0.2, 0.25) is 0 Å². The molecule has 2 N–H and O–H groups in total. The van der Waals surface area contributed by atoms with Crippen molar-refractivity contribution in [2.24, 2.45) is 7.05 Å². The van der Waals surface area contributed by atoms with Gasteiger partial charge in [-0.1, -0.05) is 11.6 Å². The zero-order valence-corrected chi connectivity index (χ0v) is 9.32. The molecule has 7 heteroatoms. The summed E-state index contributed by atoms with van der Waals surface area (Å²) in [5.41, 5.74) is 1.09. The van der Waals surface area contributed by atoms with Gasteiger partial charge < -0.3 is 10.3 Å². The van der Waals surface area contributed by atoms with Gasteiger partial charge in [0.15, 0.2) is 0 Å².